The van der Waals surface area contributed by atoms with Crippen LogP contribution in [-0.2, 0) is 41.5 Å². The van der Waals surface area contributed by atoms with Gasteiger partial charge in [-0.1, -0.05) is 97.4 Å². The summed E-state index contributed by atoms with van der Waals surface area (Å²) in [6.07, 6.45) is 2.84. The molecule has 0 aliphatic carbocycles. The first-order chi connectivity index (χ1) is 31.8. The van der Waals surface area contributed by atoms with Gasteiger partial charge in [0.15, 0.2) is 0 Å². The van der Waals surface area contributed by atoms with Crippen molar-refractivity contribution in [3.05, 3.63) is 82.3 Å². The zero-order valence-corrected chi connectivity index (χ0v) is 42.6. The Labute approximate surface area is 403 Å². The van der Waals surface area contributed by atoms with Crippen LogP contribution in [0.5, 0.6) is 0 Å². The first-order valence-electron chi connectivity index (χ1n) is 23.8. The van der Waals surface area contributed by atoms with E-state index in [0.29, 0.717) is 44.5 Å². The minimum atomic E-state index is -1.04. The molecule has 0 radical (unpaired) electrons. The molecule has 16 heteroatoms. The molecule has 1 aliphatic rings. The Kier molecular flexibility index (Phi) is 21.2. The third-order valence-electron chi connectivity index (χ3n) is 13.6. The van der Waals surface area contributed by atoms with Gasteiger partial charge in [-0.2, -0.15) is 0 Å². The van der Waals surface area contributed by atoms with Crippen LogP contribution in [0.1, 0.15) is 96.3 Å². The fourth-order valence-electron chi connectivity index (χ4n) is 9.49. The average Bonchev–Trinajstić information content (AvgIpc) is 4.03. The molecule has 1 aromatic heterocycles. The second kappa shape index (κ2) is 26.0. The Balaban J connectivity index is 1.46. The van der Waals surface area contributed by atoms with Crippen LogP contribution in [0.4, 0.5) is 10.5 Å². The number of rotatable bonds is 25. The maximum Gasteiger partial charge on any atom is 0.411 e. The summed E-state index contributed by atoms with van der Waals surface area (Å²) in [7, 11) is 8.29. The van der Waals surface area contributed by atoms with E-state index < -0.39 is 42.3 Å². The number of likely N-dealkylation sites (N-methyl/N-ethyl adjacent to an activating group) is 2. The van der Waals surface area contributed by atoms with Crippen molar-refractivity contribution in [1.29, 1.82) is 0 Å². The summed E-state index contributed by atoms with van der Waals surface area (Å²) >= 11 is 1.50. The number of hydrogen-bond donors (Lipinski definition) is 3. The molecule has 0 unspecified atom stereocenters. The van der Waals surface area contributed by atoms with Crippen molar-refractivity contribution in [1.82, 2.24) is 30.3 Å². The van der Waals surface area contributed by atoms with Crippen LogP contribution < -0.4 is 15.5 Å². The zero-order chi connectivity index (χ0) is 49.5. The van der Waals surface area contributed by atoms with Gasteiger partial charge in [-0.05, 0) is 73.7 Å². The Bertz CT molecular complexity index is 2020. The molecule has 1 aliphatic heterocycles. The van der Waals surface area contributed by atoms with Gasteiger partial charge >= 0.3 is 6.09 Å². The fourth-order valence-corrected chi connectivity index (χ4v) is 10.2. The Morgan fingerprint density at radius 1 is 0.881 bits per heavy atom. The molecule has 0 saturated carbocycles. The average molecular weight is 948 g/mol. The molecule has 2 aromatic carbocycles. The van der Waals surface area contributed by atoms with Crippen LogP contribution in [0.15, 0.2) is 66.2 Å². The number of hydrogen-bond acceptors (Lipinski definition) is 10. The summed E-state index contributed by atoms with van der Waals surface area (Å²) in [5.74, 6) is -1.78. The molecule has 0 bridgehead atoms. The standard InChI is InChI=1S/C51H77N7O8S/c1-13-34(6)45(57(10)50(62)43(32(2)3)54-48(61)44(33(4)5)55(8)28-25-36-21-23-38(24-22-36)56(9)51(63)64)41(65-11)31-42(59)58-27-17-20-40(58)46(66-12)35(7)47(60)53-39(49-52-26-29-67-49)30-37-18-15-14-16-19-37/h14-16,18-19,21-24,26,29,32-35,39-41,43-46H,13,17,20,25,27-28,30-31H2,1-12H3,(H,53,60)(H,54,61)(H,63,64)/t34-,35+,39-,40-,41+,43-,44-,45-,46+/m0/s1. The van der Waals surface area contributed by atoms with Crippen LogP contribution >= 0.6 is 11.3 Å². The van der Waals surface area contributed by atoms with Crippen molar-refractivity contribution in [2.75, 3.05) is 53.4 Å². The number of carbonyl (C=O) groups is 5. The number of carbonyl (C=O) groups excluding carboxylic acids is 4. The summed E-state index contributed by atoms with van der Waals surface area (Å²) in [6, 6.07) is 14.8. The second-order valence-corrected chi connectivity index (χ2v) is 19.8. The highest BCUT2D eigenvalue weighted by molar-refractivity contribution is 7.09. The quantitative estimate of drug-likeness (QED) is 0.0810. The summed E-state index contributed by atoms with van der Waals surface area (Å²) in [5, 5.41) is 18.4. The number of aromatic nitrogens is 1. The normalized spacial score (nSPS) is 17.6. The monoisotopic (exact) mass is 948 g/mol. The van der Waals surface area contributed by atoms with Crippen molar-refractivity contribution in [2.45, 2.75) is 129 Å². The highest BCUT2D eigenvalue weighted by atomic mass is 32.1. The Hall–Kier alpha value is -4.90. The molecule has 1 fully saturated rings. The number of likely N-dealkylation sites (tertiary alicyclic amines) is 1. The summed E-state index contributed by atoms with van der Waals surface area (Å²) < 4.78 is 12.2. The number of thiazole rings is 1. The lowest BCUT2D eigenvalue weighted by Crippen LogP contribution is -2.60. The number of nitrogens with zero attached hydrogens (tertiary/aromatic N) is 5. The molecule has 67 heavy (non-hydrogen) atoms. The third kappa shape index (κ3) is 14.6. The maximum absolute atomic E-state index is 14.7. The molecule has 15 nitrogen and oxygen atoms in total. The molecule has 4 rings (SSSR count). The highest BCUT2D eigenvalue weighted by Crippen LogP contribution is 2.31. The summed E-state index contributed by atoms with van der Waals surface area (Å²) in [5.41, 5.74) is 2.65. The molecule has 1 saturated heterocycles. The second-order valence-electron chi connectivity index (χ2n) is 18.9. The largest absolute Gasteiger partial charge is 0.465 e. The molecule has 3 aromatic rings. The number of ether oxygens (including phenoxy) is 2. The molecule has 3 N–H and O–H groups in total. The van der Waals surface area contributed by atoms with Gasteiger partial charge in [-0.3, -0.25) is 29.0 Å². The van der Waals surface area contributed by atoms with Gasteiger partial charge in [0.2, 0.25) is 23.6 Å². The molecule has 9 atom stereocenters. The van der Waals surface area contributed by atoms with Gasteiger partial charge in [-0.15, -0.1) is 11.3 Å². The smallest absolute Gasteiger partial charge is 0.411 e. The van der Waals surface area contributed by atoms with Gasteiger partial charge in [0, 0.05) is 58.7 Å². The molecule has 370 valence electrons. The van der Waals surface area contributed by atoms with Crippen molar-refractivity contribution in [2.24, 2.45) is 23.7 Å². The minimum absolute atomic E-state index is 0.0117. The molecule has 2 heterocycles. The van der Waals surface area contributed by atoms with E-state index >= 15 is 0 Å². The summed E-state index contributed by atoms with van der Waals surface area (Å²) in [6.45, 7) is 14.8. The lowest BCUT2D eigenvalue weighted by atomic mass is 9.89. The van der Waals surface area contributed by atoms with Gasteiger partial charge in [0.1, 0.15) is 11.0 Å². The van der Waals surface area contributed by atoms with E-state index in [9.17, 15) is 29.1 Å². The van der Waals surface area contributed by atoms with E-state index in [1.165, 1.54) is 18.4 Å². The Morgan fingerprint density at radius 3 is 2.10 bits per heavy atom. The number of carboxylic acid groups (broad SMARTS) is 1. The number of nitrogens with one attached hydrogen (secondary N) is 2. The lowest BCUT2D eigenvalue weighted by Gasteiger charge is -2.41. The zero-order valence-electron chi connectivity index (χ0n) is 41.8. The van der Waals surface area contributed by atoms with Gasteiger partial charge < -0.3 is 35.0 Å². The van der Waals surface area contributed by atoms with Crippen molar-refractivity contribution >= 4 is 46.7 Å². The number of methoxy groups -OCH3 is 2. The minimum Gasteiger partial charge on any atom is -0.465 e. The van der Waals surface area contributed by atoms with E-state index in [4.69, 9.17) is 9.47 Å². The van der Waals surface area contributed by atoms with Crippen LogP contribution in [0.2, 0.25) is 0 Å². The van der Waals surface area contributed by atoms with Crippen LogP contribution in [0.3, 0.4) is 0 Å². The highest BCUT2D eigenvalue weighted by Gasteiger charge is 2.43. The van der Waals surface area contributed by atoms with Crippen LogP contribution in [-0.4, -0.2) is 139 Å². The predicted octanol–water partition coefficient (Wildman–Crippen LogP) is 6.92. The van der Waals surface area contributed by atoms with Crippen molar-refractivity contribution < 1.29 is 38.6 Å². The van der Waals surface area contributed by atoms with E-state index in [1.54, 1.807) is 44.5 Å². The van der Waals surface area contributed by atoms with Crippen molar-refractivity contribution in [3.63, 3.8) is 0 Å². The number of benzene rings is 2. The first kappa shape index (κ1) is 54.7. The van der Waals surface area contributed by atoms with Gasteiger partial charge in [-0.25, -0.2) is 9.78 Å². The third-order valence-corrected chi connectivity index (χ3v) is 14.5. The predicted molar refractivity (Wildman–Crippen MR) is 264 cm³/mol. The molecule has 5 amide bonds. The topological polar surface area (TPSA) is 174 Å². The van der Waals surface area contributed by atoms with Crippen molar-refractivity contribution in [3.8, 4) is 0 Å². The van der Waals surface area contributed by atoms with E-state index in [0.717, 1.165) is 27.5 Å². The SMILES string of the molecule is CC[C@H](C)[C@@H]([C@@H](CC(=O)N1CCC[C@H]1[C@H](OC)[C@@H](C)C(=O)N[C@@H](Cc1ccccc1)c1nccs1)OC)N(C)C(=O)[C@@H](NC(=O)[C@H](C(C)C)N(C)CCc1ccc(N(C)C(=O)O)cc1)C(C)C. The Morgan fingerprint density at radius 2 is 1.55 bits per heavy atom. The number of amides is 5. The molecule has 0 spiro atoms. The van der Waals surface area contributed by atoms with Gasteiger partial charge in [0.05, 0.1) is 48.7 Å². The fraction of sp³-hybridized carbons (Fsp3) is 0.608. The van der Waals surface area contributed by atoms with Crippen LogP contribution in [0.25, 0.3) is 0 Å². The van der Waals surface area contributed by atoms with E-state index in [2.05, 4.69) is 15.6 Å². The summed E-state index contributed by atoms with van der Waals surface area (Å²) in [4.78, 5) is 79.9. The van der Waals surface area contributed by atoms with E-state index in [1.807, 2.05) is 113 Å². The van der Waals surface area contributed by atoms with Crippen LogP contribution in [0, 0.1) is 23.7 Å². The lowest BCUT2D eigenvalue weighted by molar-refractivity contribution is -0.148. The number of anilines is 1. The van der Waals surface area contributed by atoms with Gasteiger partial charge in [0.25, 0.3) is 0 Å². The first-order valence-corrected chi connectivity index (χ1v) is 24.6. The molecular weight excluding hydrogens is 871 g/mol. The molecular formula is C51H77N7O8S. The van der Waals surface area contributed by atoms with E-state index in [-0.39, 0.29) is 59.9 Å². The maximum atomic E-state index is 14.7.